The fourth-order valence-electron chi connectivity index (χ4n) is 1.97. The molecule has 0 saturated carbocycles. The van der Waals surface area contributed by atoms with Gasteiger partial charge in [0.2, 0.25) is 0 Å². The second-order valence-electron chi connectivity index (χ2n) is 4.87. The maximum atomic E-state index is 10.6. The largest absolute Gasteiger partial charge is 0.433 e. The number of hydrogen-bond donors (Lipinski definition) is 0. The average Bonchev–Trinajstić information content (AvgIpc) is 3.28. The number of hydrogen-bond acceptors (Lipinski definition) is 8. The molecule has 10 heteroatoms. The van der Waals surface area contributed by atoms with Gasteiger partial charge in [0, 0.05) is 0 Å². The second-order valence-corrected chi connectivity index (χ2v) is 4.87. The van der Waals surface area contributed by atoms with Crippen molar-refractivity contribution in [3.63, 3.8) is 0 Å². The Morgan fingerprint density at radius 2 is 1.15 bits per heavy atom. The third-order valence-corrected chi connectivity index (χ3v) is 3.13. The Labute approximate surface area is 145 Å². The predicted molar refractivity (Wildman–Crippen MR) is 91.7 cm³/mol. The van der Waals surface area contributed by atoms with Gasteiger partial charge in [-0.1, -0.05) is 12.1 Å². The molecule has 0 bridgehead atoms. The van der Waals surface area contributed by atoms with E-state index in [1.165, 1.54) is 36.7 Å². The highest BCUT2D eigenvalue weighted by Gasteiger charge is 2.11. The Bertz CT molecular complexity index is 936. The van der Waals surface area contributed by atoms with Gasteiger partial charge in [0.1, 0.15) is 9.85 Å². The van der Waals surface area contributed by atoms with Crippen molar-refractivity contribution in [2.24, 2.45) is 9.98 Å². The quantitative estimate of drug-likeness (QED) is 0.369. The predicted octanol–water partition coefficient (Wildman–Crippen LogP) is 4.19. The SMILES string of the molecule is O=[N+]([O-])c1ccc(C=Nc2ccccc2N=Cc2ccc([N+](=O)[O-])o2)o1. The highest BCUT2D eigenvalue weighted by atomic mass is 16.7. The van der Waals surface area contributed by atoms with E-state index in [0.29, 0.717) is 11.4 Å². The molecule has 10 nitrogen and oxygen atoms in total. The molecule has 0 amide bonds. The van der Waals surface area contributed by atoms with Crippen LogP contribution < -0.4 is 0 Å². The summed E-state index contributed by atoms with van der Waals surface area (Å²) in [5.41, 5.74) is 0.952. The van der Waals surface area contributed by atoms with E-state index < -0.39 is 9.85 Å². The van der Waals surface area contributed by atoms with Crippen LogP contribution in [0.1, 0.15) is 11.5 Å². The van der Waals surface area contributed by atoms with Gasteiger partial charge in [0.05, 0.1) is 35.9 Å². The van der Waals surface area contributed by atoms with Crippen LogP contribution in [0.5, 0.6) is 0 Å². The van der Waals surface area contributed by atoms with Crippen molar-refractivity contribution in [3.8, 4) is 0 Å². The molecule has 0 radical (unpaired) electrons. The molecule has 26 heavy (non-hydrogen) atoms. The van der Waals surface area contributed by atoms with Crippen molar-refractivity contribution in [1.29, 1.82) is 0 Å². The molecule has 0 N–H and O–H groups in total. The van der Waals surface area contributed by atoms with Crippen LogP contribution in [0.25, 0.3) is 0 Å². The van der Waals surface area contributed by atoms with Crippen LogP contribution in [0.2, 0.25) is 0 Å². The lowest BCUT2D eigenvalue weighted by Crippen LogP contribution is -1.83. The number of nitrogens with zero attached hydrogens (tertiary/aromatic N) is 4. The van der Waals surface area contributed by atoms with Gasteiger partial charge in [-0.05, 0) is 24.3 Å². The highest BCUT2D eigenvalue weighted by Crippen LogP contribution is 2.27. The van der Waals surface area contributed by atoms with Gasteiger partial charge in [0.15, 0.2) is 11.5 Å². The maximum Gasteiger partial charge on any atom is 0.433 e. The Balaban J connectivity index is 1.80. The number of rotatable bonds is 6. The van der Waals surface area contributed by atoms with Crippen LogP contribution in [-0.2, 0) is 0 Å². The lowest BCUT2D eigenvalue weighted by molar-refractivity contribution is -0.402. The van der Waals surface area contributed by atoms with E-state index >= 15 is 0 Å². The summed E-state index contributed by atoms with van der Waals surface area (Å²) in [6.07, 6.45) is 2.66. The molecule has 0 unspecified atom stereocenters. The molecule has 130 valence electrons. The summed E-state index contributed by atoms with van der Waals surface area (Å²) in [6.45, 7) is 0. The summed E-state index contributed by atoms with van der Waals surface area (Å²) in [5, 5.41) is 21.2. The van der Waals surface area contributed by atoms with Crippen LogP contribution in [-0.4, -0.2) is 22.3 Å². The van der Waals surface area contributed by atoms with Crippen LogP contribution in [0, 0.1) is 20.2 Å². The first-order valence-corrected chi connectivity index (χ1v) is 7.18. The second kappa shape index (κ2) is 7.21. The topological polar surface area (TPSA) is 137 Å². The minimum absolute atomic E-state index is 0.220. The van der Waals surface area contributed by atoms with Crippen LogP contribution in [0.3, 0.4) is 0 Å². The highest BCUT2D eigenvalue weighted by molar-refractivity contribution is 5.84. The van der Waals surface area contributed by atoms with Crippen molar-refractivity contribution in [2.75, 3.05) is 0 Å². The Morgan fingerprint density at radius 1 is 0.731 bits per heavy atom. The number of furan rings is 2. The molecular formula is C16H10N4O6. The summed E-state index contributed by atoms with van der Waals surface area (Å²) >= 11 is 0. The van der Waals surface area contributed by atoms with E-state index in [1.54, 1.807) is 24.3 Å². The van der Waals surface area contributed by atoms with E-state index in [9.17, 15) is 20.2 Å². The lowest BCUT2D eigenvalue weighted by Gasteiger charge is -1.98. The molecule has 3 rings (SSSR count). The zero-order valence-corrected chi connectivity index (χ0v) is 13.0. The molecule has 2 aromatic heterocycles. The van der Waals surface area contributed by atoms with Crippen LogP contribution >= 0.6 is 0 Å². The molecule has 0 aliphatic rings. The summed E-state index contributed by atoms with van der Waals surface area (Å²) < 4.78 is 9.99. The van der Waals surface area contributed by atoms with Crippen molar-refractivity contribution in [3.05, 3.63) is 80.3 Å². The molecule has 0 saturated heterocycles. The van der Waals surface area contributed by atoms with Gasteiger partial charge in [-0.2, -0.15) is 0 Å². The number of nitro groups is 2. The summed E-state index contributed by atoms with van der Waals surface area (Å²) in [7, 11) is 0. The lowest BCUT2D eigenvalue weighted by atomic mass is 10.3. The van der Waals surface area contributed by atoms with Gasteiger partial charge in [0.25, 0.3) is 0 Å². The van der Waals surface area contributed by atoms with Gasteiger partial charge < -0.3 is 8.83 Å². The molecular weight excluding hydrogens is 344 g/mol. The molecule has 1 aromatic carbocycles. The van der Waals surface area contributed by atoms with Crippen LogP contribution in [0.15, 0.2) is 67.4 Å². The van der Waals surface area contributed by atoms with Gasteiger partial charge in [-0.3, -0.25) is 30.2 Å². The van der Waals surface area contributed by atoms with Gasteiger partial charge in [-0.15, -0.1) is 0 Å². The summed E-state index contributed by atoms with van der Waals surface area (Å²) in [6, 6.07) is 12.2. The summed E-state index contributed by atoms with van der Waals surface area (Å²) in [4.78, 5) is 28.3. The Morgan fingerprint density at radius 3 is 1.50 bits per heavy atom. The molecule has 0 atom stereocenters. The van der Waals surface area contributed by atoms with E-state index in [2.05, 4.69) is 9.98 Å². The number of benzene rings is 1. The minimum atomic E-state index is -0.641. The number of para-hydroxylation sites is 2. The zero-order chi connectivity index (χ0) is 18.5. The molecule has 2 heterocycles. The van der Waals surface area contributed by atoms with E-state index in [0.717, 1.165) is 0 Å². The van der Waals surface area contributed by atoms with Crippen molar-refractivity contribution >= 4 is 35.6 Å². The first kappa shape index (κ1) is 16.8. The first-order valence-electron chi connectivity index (χ1n) is 7.18. The third kappa shape index (κ3) is 3.87. The zero-order valence-electron chi connectivity index (χ0n) is 13.0. The first-order chi connectivity index (χ1) is 12.5. The van der Waals surface area contributed by atoms with Crippen molar-refractivity contribution < 1.29 is 18.7 Å². The normalized spacial score (nSPS) is 11.4. The molecule has 3 aromatic rings. The Kier molecular flexibility index (Phi) is 4.65. The molecule has 0 aliphatic heterocycles. The molecule has 0 fully saturated rings. The molecule has 0 spiro atoms. The molecule has 0 aliphatic carbocycles. The fourth-order valence-corrected chi connectivity index (χ4v) is 1.97. The fraction of sp³-hybridized carbons (Fsp3) is 0. The van der Waals surface area contributed by atoms with Gasteiger partial charge in [-0.25, -0.2) is 0 Å². The maximum absolute atomic E-state index is 10.6. The van der Waals surface area contributed by atoms with E-state index in [1.807, 2.05) is 0 Å². The van der Waals surface area contributed by atoms with E-state index in [4.69, 9.17) is 8.83 Å². The standard InChI is InChI=1S/C16H10N4O6/c21-19(22)15-7-5-11(25-15)9-17-13-3-1-2-4-14(13)18-10-12-6-8-16(26-12)20(23)24/h1-10H. The average molecular weight is 354 g/mol. The third-order valence-electron chi connectivity index (χ3n) is 3.13. The smallest absolute Gasteiger partial charge is 0.400 e. The van der Waals surface area contributed by atoms with Crippen molar-refractivity contribution in [1.82, 2.24) is 0 Å². The minimum Gasteiger partial charge on any atom is -0.400 e. The van der Waals surface area contributed by atoms with Crippen LogP contribution in [0.4, 0.5) is 23.1 Å². The summed E-state index contributed by atoms with van der Waals surface area (Å²) in [5.74, 6) is -0.316. The number of aliphatic imine (C=N–C) groups is 2. The van der Waals surface area contributed by atoms with Gasteiger partial charge >= 0.3 is 11.8 Å². The van der Waals surface area contributed by atoms with Crippen molar-refractivity contribution in [2.45, 2.75) is 0 Å². The monoisotopic (exact) mass is 354 g/mol. The van der Waals surface area contributed by atoms with E-state index in [-0.39, 0.29) is 23.3 Å². The Hall–Kier alpha value is -4.08.